The Kier molecular flexibility index (Phi) is 4.04. The van der Waals surface area contributed by atoms with Gasteiger partial charge in [-0.15, -0.1) is 0 Å². The molecule has 1 aliphatic heterocycles. The van der Waals surface area contributed by atoms with E-state index < -0.39 is 0 Å². The van der Waals surface area contributed by atoms with Crippen molar-refractivity contribution in [3.8, 4) is 0 Å². The number of likely N-dealkylation sites (tertiary alicyclic amines) is 1. The third-order valence-corrected chi connectivity index (χ3v) is 4.42. The summed E-state index contributed by atoms with van der Waals surface area (Å²) < 4.78 is 0. The van der Waals surface area contributed by atoms with E-state index in [4.69, 9.17) is 0 Å². The fourth-order valence-electron chi connectivity index (χ4n) is 3.38. The van der Waals surface area contributed by atoms with Gasteiger partial charge in [0.05, 0.1) is 0 Å². The molecule has 3 unspecified atom stereocenters. The van der Waals surface area contributed by atoms with Crippen LogP contribution in [0.5, 0.6) is 0 Å². The van der Waals surface area contributed by atoms with Crippen LogP contribution in [-0.2, 0) is 0 Å². The molecule has 0 aromatic heterocycles. The molecule has 88 valence electrons. The normalized spacial score (nSPS) is 37.6. The summed E-state index contributed by atoms with van der Waals surface area (Å²) in [6, 6.07) is 0.917. The molecular formula is C13H26N2. The minimum absolute atomic E-state index is 0.917. The third-order valence-electron chi connectivity index (χ3n) is 4.42. The van der Waals surface area contributed by atoms with Crippen molar-refractivity contribution in [1.82, 2.24) is 10.2 Å². The summed E-state index contributed by atoms with van der Waals surface area (Å²) in [5.74, 6) is 1.94. The van der Waals surface area contributed by atoms with Crippen LogP contribution >= 0.6 is 0 Å². The van der Waals surface area contributed by atoms with Gasteiger partial charge in [0.15, 0.2) is 0 Å². The zero-order valence-electron chi connectivity index (χ0n) is 10.3. The largest absolute Gasteiger partial charge is 0.319 e. The van der Waals surface area contributed by atoms with Gasteiger partial charge in [0.25, 0.3) is 0 Å². The number of nitrogens with zero attached hydrogens (tertiary/aromatic N) is 1. The van der Waals surface area contributed by atoms with Crippen molar-refractivity contribution < 1.29 is 0 Å². The zero-order valence-corrected chi connectivity index (χ0v) is 10.3. The summed E-state index contributed by atoms with van der Waals surface area (Å²) in [5, 5.41) is 3.32. The maximum Gasteiger partial charge on any atom is 0.00985 e. The first-order chi connectivity index (χ1) is 7.33. The topological polar surface area (TPSA) is 15.3 Å². The number of hydrogen-bond acceptors (Lipinski definition) is 2. The Hall–Kier alpha value is -0.0800. The summed E-state index contributed by atoms with van der Waals surface area (Å²) in [6.45, 7) is 6.32. The quantitative estimate of drug-likeness (QED) is 0.764. The summed E-state index contributed by atoms with van der Waals surface area (Å²) in [5.41, 5.74) is 0. The SMILES string of the molecule is CCC1CCN(C2CCC(CNC)C2)C1. The molecule has 15 heavy (non-hydrogen) atoms. The monoisotopic (exact) mass is 210 g/mol. The second-order valence-electron chi connectivity index (χ2n) is 5.45. The van der Waals surface area contributed by atoms with E-state index in [1.165, 1.54) is 51.7 Å². The Labute approximate surface area is 94.4 Å². The Morgan fingerprint density at radius 2 is 2.07 bits per heavy atom. The lowest BCUT2D eigenvalue weighted by atomic mass is 10.1. The predicted octanol–water partition coefficient (Wildman–Crippen LogP) is 2.11. The summed E-state index contributed by atoms with van der Waals surface area (Å²) in [4.78, 5) is 2.77. The molecule has 3 atom stereocenters. The van der Waals surface area contributed by atoms with E-state index in [0.717, 1.165) is 17.9 Å². The summed E-state index contributed by atoms with van der Waals surface area (Å²) >= 11 is 0. The van der Waals surface area contributed by atoms with E-state index in [1.807, 2.05) is 0 Å². The number of nitrogens with one attached hydrogen (secondary N) is 1. The Morgan fingerprint density at radius 1 is 1.20 bits per heavy atom. The van der Waals surface area contributed by atoms with Crippen molar-refractivity contribution in [2.24, 2.45) is 11.8 Å². The van der Waals surface area contributed by atoms with Crippen molar-refractivity contribution in [2.75, 3.05) is 26.7 Å². The average molecular weight is 210 g/mol. The molecular weight excluding hydrogens is 184 g/mol. The highest BCUT2D eigenvalue weighted by Crippen LogP contribution is 2.32. The highest BCUT2D eigenvalue weighted by molar-refractivity contribution is 4.87. The third kappa shape index (κ3) is 2.73. The van der Waals surface area contributed by atoms with Crippen LogP contribution < -0.4 is 5.32 Å². The van der Waals surface area contributed by atoms with Gasteiger partial charge in [-0.05, 0) is 57.7 Å². The van der Waals surface area contributed by atoms with Gasteiger partial charge in [0.2, 0.25) is 0 Å². The van der Waals surface area contributed by atoms with Crippen LogP contribution in [0.1, 0.15) is 39.0 Å². The molecule has 2 heteroatoms. The maximum absolute atomic E-state index is 3.32. The Bertz CT molecular complexity index is 193. The molecule has 0 radical (unpaired) electrons. The van der Waals surface area contributed by atoms with Crippen molar-refractivity contribution in [1.29, 1.82) is 0 Å². The van der Waals surface area contributed by atoms with E-state index in [2.05, 4.69) is 24.2 Å². The van der Waals surface area contributed by atoms with Gasteiger partial charge in [0, 0.05) is 12.6 Å². The van der Waals surface area contributed by atoms with Gasteiger partial charge in [-0.1, -0.05) is 13.3 Å². The molecule has 0 amide bonds. The first kappa shape index (κ1) is 11.4. The minimum Gasteiger partial charge on any atom is -0.319 e. The molecule has 1 heterocycles. The molecule has 1 aliphatic carbocycles. The van der Waals surface area contributed by atoms with E-state index in [-0.39, 0.29) is 0 Å². The van der Waals surface area contributed by atoms with E-state index >= 15 is 0 Å². The highest BCUT2D eigenvalue weighted by atomic mass is 15.2. The molecule has 1 saturated heterocycles. The Morgan fingerprint density at radius 3 is 2.73 bits per heavy atom. The van der Waals surface area contributed by atoms with Gasteiger partial charge in [0.1, 0.15) is 0 Å². The molecule has 2 rings (SSSR count). The second-order valence-corrected chi connectivity index (χ2v) is 5.45. The predicted molar refractivity (Wildman–Crippen MR) is 65.0 cm³/mol. The summed E-state index contributed by atoms with van der Waals surface area (Å²) in [7, 11) is 2.08. The lowest BCUT2D eigenvalue weighted by Crippen LogP contribution is -2.31. The summed E-state index contributed by atoms with van der Waals surface area (Å²) in [6.07, 6.45) is 7.16. The van der Waals surface area contributed by atoms with E-state index in [1.54, 1.807) is 0 Å². The average Bonchev–Trinajstić information content (AvgIpc) is 2.85. The smallest absolute Gasteiger partial charge is 0.00985 e. The highest BCUT2D eigenvalue weighted by Gasteiger charge is 2.32. The second kappa shape index (κ2) is 5.31. The van der Waals surface area contributed by atoms with Gasteiger partial charge < -0.3 is 10.2 Å². The molecule has 0 bridgehead atoms. The molecule has 2 nitrogen and oxygen atoms in total. The molecule has 2 aliphatic rings. The first-order valence-corrected chi connectivity index (χ1v) is 6.72. The van der Waals surface area contributed by atoms with Crippen LogP contribution in [0.4, 0.5) is 0 Å². The fraction of sp³-hybridized carbons (Fsp3) is 1.00. The zero-order chi connectivity index (χ0) is 10.7. The van der Waals surface area contributed by atoms with E-state index in [9.17, 15) is 0 Å². The molecule has 0 aromatic rings. The maximum atomic E-state index is 3.32. The number of rotatable bonds is 4. The number of hydrogen-bond donors (Lipinski definition) is 1. The van der Waals surface area contributed by atoms with Crippen LogP contribution in [0.3, 0.4) is 0 Å². The first-order valence-electron chi connectivity index (χ1n) is 6.72. The van der Waals surface area contributed by atoms with Gasteiger partial charge in [-0.25, -0.2) is 0 Å². The van der Waals surface area contributed by atoms with Crippen molar-refractivity contribution in [2.45, 2.75) is 45.1 Å². The van der Waals surface area contributed by atoms with Gasteiger partial charge in [-0.3, -0.25) is 0 Å². The van der Waals surface area contributed by atoms with Crippen molar-refractivity contribution in [3.05, 3.63) is 0 Å². The van der Waals surface area contributed by atoms with Crippen LogP contribution in [-0.4, -0.2) is 37.6 Å². The molecule has 1 saturated carbocycles. The Balaban J connectivity index is 1.76. The van der Waals surface area contributed by atoms with Gasteiger partial charge in [-0.2, -0.15) is 0 Å². The van der Waals surface area contributed by atoms with Crippen LogP contribution in [0.2, 0.25) is 0 Å². The van der Waals surface area contributed by atoms with Crippen LogP contribution in [0, 0.1) is 11.8 Å². The molecule has 1 N–H and O–H groups in total. The van der Waals surface area contributed by atoms with E-state index in [0.29, 0.717) is 0 Å². The molecule has 0 spiro atoms. The molecule has 0 aromatic carbocycles. The fourth-order valence-corrected chi connectivity index (χ4v) is 3.38. The standard InChI is InChI=1S/C13H26N2/c1-3-11-6-7-15(10-11)13-5-4-12(8-13)9-14-2/h11-14H,3-10H2,1-2H3. The lowest BCUT2D eigenvalue weighted by molar-refractivity contribution is 0.231. The van der Waals surface area contributed by atoms with Gasteiger partial charge >= 0.3 is 0 Å². The van der Waals surface area contributed by atoms with Crippen molar-refractivity contribution in [3.63, 3.8) is 0 Å². The van der Waals surface area contributed by atoms with Crippen LogP contribution in [0.25, 0.3) is 0 Å². The van der Waals surface area contributed by atoms with Crippen molar-refractivity contribution >= 4 is 0 Å². The van der Waals surface area contributed by atoms with Crippen LogP contribution in [0.15, 0.2) is 0 Å². The molecule has 2 fully saturated rings. The minimum atomic E-state index is 0.917. The lowest BCUT2D eigenvalue weighted by Gasteiger charge is -2.24.